The van der Waals surface area contributed by atoms with E-state index in [9.17, 15) is 18.8 Å². The summed E-state index contributed by atoms with van der Waals surface area (Å²) in [6.07, 6.45) is 0. The zero-order valence-electron chi connectivity index (χ0n) is 13.7. The first-order valence-corrected chi connectivity index (χ1v) is 7.33. The molecule has 0 aliphatic rings. The van der Waals surface area contributed by atoms with E-state index in [1.165, 1.54) is 43.0 Å². The zero-order chi connectivity index (χ0) is 18.8. The molecule has 0 spiro atoms. The van der Waals surface area contributed by atoms with Crippen molar-refractivity contribution >= 4 is 11.9 Å². The number of carbonyl (C=O) groups is 1. The van der Waals surface area contributed by atoms with Crippen LogP contribution in [0.5, 0.6) is 0 Å². The van der Waals surface area contributed by atoms with Gasteiger partial charge in [-0.1, -0.05) is 17.2 Å². The van der Waals surface area contributed by atoms with Crippen LogP contribution in [-0.4, -0.2) is 40.5 Å². The van der Waals surface area contributed by atoms with Crippen LogP contribution >= 0.6 is 0 Å². The molecule has 12 heteroatoms. The van der Waals surface area contributed by atoms with Crippen LogP contribution in [0.15, 0.2) is 33.9 Å². The van der Waals surface area contributed by atoms with Gasteiger partial charge in [0.25, 0.3) is 11.5 Å². The topological polar surface area (TPSA) is 130 Å². The highest BCUT2D eigenvalue weighted by molar-refractivity contribution is 6.01. The zero-order valence-corrected chi connectivity index (χ0v) is 13.7. The fourth-order valence-corrected chi connectivity index (χ4v) is 2.18. The lowest BCUT2D eigenvalue weighted by molar-refractivity contribution is 0.101. The number of hydrogen-bond acceptors (Lipinski definition) is 7. The van der Waals surface area contributed by atoms with Gasteiger partial charge in [-0.15, -0.1) is 0 Å². The Bertz CT molecular complexity index is 1080. The summed E-state index contributed by atoms with van der Waals surface area (Å²) in [7, 11) is 2.81. The van der Waals surface area contributed by atoms with Crippen molar-refractivity contribution in [1.29, 1.82) is 0 Å². The van der Waals surface area contributed by atoms with Crippen LogP contribution in [0, 0.1) is 5.82 Å². The molecule has 3 aromatic rings. The van der Waals surface area contributed by atoms with E-state index >= 15 is 0 Å². The van der Waals surface area contributed by atoms with Gasteiger partial charge < -0.3 is 0 Å². The van der Waals surface area contributed by atoms with Crippen molar-refractivity contribution in [2.24, 2.45) is 14.1 Å². The van der Waals surface area contributed by atoms with Gasteiger partial charge in [-0.25, -0.2) is 18.5 Å². The van der Waals surface area contributed by atoms with E-state index in [0.717, 1.165) is 9.25 Å². The summed E-state index contributed by atoms with van der Waals surface area (Å²) in [5.41, 5.74) is -1.58. The van der Waals surface area contributed by atoms with Crippen LogP contribution in [0.1, 0.15) is 16.1 Å². The number of tetrazole rings is 1. The van der Waals surface area contributed by atoms with Gasteiger partial charge in [-0.2, -0.15) is 5.10 Å². The number of anilines is 1. The van der Waals surface area contributed by atoms with Crippen molar-refractivity contribution in [2.75, 3.05) is 5.32 Å². The minimum Gasteiger partial charge on any atom is -0.288 e. The molecule has 0 saturated heterocycles. The Morgan fingerprint density at radius 1 is 1.15 bits per heavy atom. The van der Waals surface area contributed by atoms with Gasteiger partial charge in [0.15, 0.2) is 0 Å². The number of nitrogens with zero attached hydrogens (tertiary/aromatic N) is 7. The van der Waals surface area contributed by atoms with Crippen LogP contribution in [0.2, 0.25) is 0 Å². The maximum atomic E-state index is 13.0. The van der Waals surface area contributed by atoms with Gasteiger partial charge >= 0.3 is 5.69 Å². The quantitative estimate of drug-likeness (QED) is 0.625. The molecule has 3 rings (SSSR count). The number of carbonyl (C=O) groups excluding carboxylic acids is 1. The van der Waals surface area contributed by atoms with E-state index in [1.807, 2.05) is 0 Å². The largest absolute Gasteiger partial charge is 0.347 e. The highest BCUT2D eigenvalue weighted by Gasteiger charge is 2.20. The SMILES string of the molecule is Cn1nnnc1NC(=O)c1nn(C)c(=O)n(Cc2ccc(F)cc2)c1=O. The number of nitrogens with one attached hydrogen (secondary N) is 1. The molecule has 2 aromatic heterocycles. The Hall–Kier alpha value is -3.70. The molecule has 0 saturated carbocycles. The maximum Gasteiger partial charge on any atom is 0.347 e. The Morgan fingerprint density at radius 2 is 1.85 bits per heavy atom. The lowest BCUT2D eigenvalue weighted by Crippen LogP contribution is -2.44. The standard InChI is InChI=1S/C14H13FN8O3/c1-21-13(17-19-20-21)16-11(24)10-12(25)23(14(26)22(2)18-10)7-8-3-5-9(15)6-4-8/h3-6H,7H2,1-2H3,(H,16,17,20,24). The molecule has 0 fully saturated rings. The second kappa shape index (κ2) is 6.66. The fourth-order valence-electron chi connectivity index (χ4n) is 2.18. The molecule has 134 valence electrons. The Kier molecular flexibility index (Phi) is 4.39. The normalized spacial score (nSPS) is 10.7. The molecule has 0 atom stereocenters. The highest BCUT2D eigenvalue weighted by atomic mass is 19.1. The summed E-state index contributed by atoms with van der Waals surface area (Å²) in [5.74, 6) is -1.30. The first-order valence-electron chi connectivity index (χ1n) is 7.33. The smallest absolute Gasteiger partial charge is 0.288 e. The Morgan fingerprint density at radius 3 is 2.46 bits per heavy atom. The highest BCUT2D eigenvalue weighted by Crippen LogP contribution is 2.03. The molecule has 0 bridgehead atoms. The monoisotopic (exact) mass is 360 g/mol. The Balaban J connectivity index is 1.99. The van der Waals surface area contributed by atoms with Crippen molar-refractivity contribution in [3.63, 3.8) is 0 Å². The first-order chi connectivity index (χ1) is 12.4. The molecule has 1 aromatic carbocycles. The predicted molar refractivity (Wildman–Crippen MR) is 86.0 cm³/mol. The van der Waals surface area contributed by atoms with Crippen molar-refractivity contribution < 1.29 is 9.18 Å². The maximum absolute atomic E-state index is 13.0. The molecule has 1 amide bonds. The molecule has 0 aliphatic heterocycles. The van der Waals surface area contributed by atoms with Crippen LogP contribution < -0.4 is 16.6 Å². The van der Waals surface area contributed by atoms with E-state index in [1.54, 1.807) is 0 Å². The number of hydrogen-bond donors (Lipinski definition) is 1. The first kappa shape index (κ1) is 17.1. The second-order valence-corrected chi connectivity index (χ2v) is 5.35. The van der Waals surface area contributed by atoms with Crippen molar-refractivity contribution in [2.45, 2.75) is 6.54 Å². The lowest BCUT2D eigenvalue weighted by atomic mass is 10.2. The summed E-state index contributed by atoms with van der Waals surface area (Å²) in [4.78, 5) is 37.1. The fraction of sp³-hybridized carbons (Fsp3) is 0.214. The number of aryl methyl sites for hydroxylation is 2. The van der Waals surface area contributed by atoms with Gasteiger partial charge in [-0.05, 0) is 28.1 Å². The summed E-state index contributed by atoms with van der Waals surface area (Å²) in [6, 6.07) is 5.29. The third-order valence-corrected chi connectivity index (χ3v) is 3.52. The van der Waals surface area contributed by atoms with Crippen molar-refractivity contribution in [3.05, 3.63) is 62.2 Å². The average molecular weight is 360 g/mol. The summed E-state index contributed by atoms with van der Waals surface area (Å²) in [6.45, 7) is -0.139. The van der Waals surface area contributed by atoms with Gasteiger partial charge in [-0.3, -0.25) is 19.5 Å². The van der Waals surface area contributed by atoms with Crippen LogP contribution in [0.25, 0.3) is 0 Å². The minimum absolute atomic E-state index is 0.00939. The van der Waals surface area contributed by atoms with Gasteiger partial charge in [0.2, 0.25) is 11.6 Å². The lowest BCUT2D eigenvalue weighted by Gasteiger charge is -2.09. The van der Waals surface area contributed by atoms with Gasteiger partial charge in [0.1, 0.15) is 5.82 Å². The molecule has 11 nitrogen and oxygen atoms in total. The van der Waals surface area contributed by atoms with E-state index in [2.05, 4.69) is 25.9 Å². The van der Waals surface area contributed by atoms with E-state index in [4.69, 9.17) is 0 Å². The molecule has 0 unspecified atom stereocenters. The second-order valence-electron chi connectivity index (χ2n) is 5.35. The minimum atomic E-state index is -0.884. The third kappa shape index (κ3) is 3.24. The van der Waals surface area contributed by atoms with Crippen molar-refractivity contribution in [1.82, 2.24) is 34.6 Å². The summed E-state index contributed by atoms with van der Waals surface area (Å²) < 4.78 is 15.9. The predicted octanol–water partition coefficient (Wildman–Crippen LogP) is -1.09. The number of benzene rings is 1. The molecular formula is C14H13FN8O3. The van der Waals surface area contributed by atoms with E-state index in [-0.39, 0.29) is 12.5 Å². The molecule has 1 N–H and O–H groups in total. The number of rotatable bonds is 4. The average Bonchev–Trinajstić information content (AvgIpc) is 3.01. The third-order valence-electron chi connectivity index (χ3n) is 3.52. The van der Waals surface area contributed by atoms with Crippen LogP contribution in [0.3, 0.4) is 0 Å². The molecular weight excluding hydrogens is 347 g/mol. The number of halogens is 1. The molecule has 0 aliphatic carbocycles. The van der Waals surface area contributed by atoms with Crippen LogP contribution in [0.4, 0.5) is 10.3 Å². The number of aromatic nitrogens is 7. The van der Waals surface area contributed by atoms with Crippen molar-refractivity contribution in [3.8, 4) is 0 Å². The molecule has 0 radical (unpaired) electrons. The number of amides is 1. The van der Waals surface area contributed by atoms with Gasteiger partial charge in [0.05, 0.1) is 6.54 Å². The molecule has 26 heavy (non-hydrogen) atoms. The summed E-state index contributed by atoms with van der Waals surface area (Å²) >= 11 is 0. The van der Waals surface area contributed by atoms with Gasteiger partial charge in [0, 0.05) is 14.1 Å². The van der Waals surface area contributed by atoms with E-state index in [0.29, 0.717) is 5.56 Å². The molecule has 2 heterocycles. The van der Waals surface area contributed by atoms with E-state index < -0.39 is 28.7 Å². The summed E-state index contributed by atoms with van der Waals surface area (Å²) in [5, 5.41) is 16.5. The Labute approximate surface area is 144 Å². The van der Waals surface area contributed by atoms with Crippen LogP contribution in [-0.2, 0) is 20.6 Å².